The minimum Gasteiger partial charge on any atom is -0.445 e. The Morgan fingerprint density at radius 3 is 2.25 bits per heavy atom. The predicted molar refractivity (Wildman–Crippen MR) is 101 cm³/mol. The van der Waals surface area contributed by atoms with Gasteiger partial charge >= 0.3 is 6.09 Å². The molecule has 1 aromatic carbocycles. The van der Waals surface area contributed by atoms with Gasteiger partial charge in [0.25, 0.3) is 20.2 Å². The Morgan fingerprint density at radius 1 is 1.11 bits per heavy atom. The first-order valence-corrected chi connectivity index (χ1v) is 12.2. The molecule has 1 fully saturated rings. The van der Waals surface area contributed by atoms with Crippen molar-refractivity contribution in [1.82, 2.24) is 4.90 Å². The van der Waals surface area contributed by atoms with E-state index >= 15 is 0 Å². The first kappa shape index (κ1) is 22.6. The van der Waals surface area contributed by atoms with E-state index in [0.717, 1.165) is 18.1 Å². The third-order valence-electron chi connectivity index (χ3n) is 4.69. The molecule has 0 radical (unpaired) electrons. The molecule has 2 atom stereocenters. The van der Waals surface area contributed by atoms with Crippen LogP contribution in [0.15, 0.2) is 30.3 Å². The van der Waals surface area contributed by atoms with E-state index in [4.69, 9.17) is 13.1 Å². The number of nitrogens with zero attached hydrogens (tertiary/aromatic N) is 1. The fraction of sp³-hybridized carbons (Fsp3) is 0.588. The van der Waals surface area contributed by atoms with E-state index in [2.05, 4.69) is 0 Å². The fourth-order valence-corrected chi connectivity index (χ4v) is 3.89. The molecule has 1 saturated heterocycles. The van der Waals surface area contributed by atoms with Crippen LogP contribution in [0.3, 0.4) is 0 Å². The van der Waals surface area contributed by atoms with Crippen LogP contribution in [0.5, 0.6) is 0 Å². The monoisotopic (exact) mass is 435 g/mol. The maximum Gasteiger partial charge on any atom is 0.410 e. The smallest absolute Gasteiger partial charge is 0.410 e. The summed E-state index contributed by atoms with van der Waals surface area (Å²) in [6.45, 7) is 1.71. The number of carbonyl (C=O) groups is 1. The van der Waals surface area contributed by atoms with Crippen molar-refractivity contribution in [2.75, 3.05) is 32.3 Å². The number of benzene rings is 1. The molecular weight excluding hydrogens is 410 g/mol. The van der Waals surface area contributed by atoms with E-state index in [1.165, 1.54) is 4.90 Å². The molecule has 1 aliphatic rings. The molecule has 11 heteroatoms. The number of amides is 1. The van der Waals surface area contributed by atoms with Crippen LogP contribution in [0, 0.1) is 5.92 Å². The van der Waals surface area contributed by atoms with E-state index < -0.39 is 31.9 Å². The number of carbonyl (C=O) groups excluding carboxylic acids is 1. The zero-order valence-corrected chi connectivity index (χ0v) is 17.7. The normalized spacial score (nSPS) is 22.5. The molecule has 1 aliphatic heterocycles. The van der Waals surface area contributed by atoms with Crippen molar-refractivity contribution < 1.29 is 34.7 Å². The van der Waals surface area contributed by atoms with Gasteiger partial charge in [-0.1, -0.05) is 37.3 Å². The Kier molecular flexibility index (Phi) is 7.07. The van der Waals surface area contributed by atoms with Gasteiger partial charge < -0.3 is 4.74 Å². The average molecular weight is 436 g/mol. The molecule has 0 N–H and O–H groups in total. The highest BCUT2D eigenvalue weighted by molar-refractivity contribution is 7.86. The van der Waals surface area contributed by atoms with Gasteiger partial charge in [-0.15, -0.1) is 0 Å². The number of likely N-dealkylation sites (tertiary alicyclic amines) is 1. The van der Waals surface area contributed by atoms with Crippen LogP contribution in [-0.2, 0) is 39.9 Å². The summed E-state index contributed by atoms with van der Waals surface area (Å²) in [7, 11) is -7.42. The molecule has 0 aliphatic carbocycles. The van der Waals surface area contributed by atoms with Gasteiger partial charge in [-0.05, 0) is 17.9 Å². The Balaban J connectivity index is 2.11. The van der Waals surface area contributed by atoms with Gasteiger partial charge in [-0.2, -0.15) is 16.8 Å². The second-order valence-electron chi connectivity index (χ2n) is 6.90. The molecular formula is C17H25NO8S2. The molecule has 0 saturated carbocycles. The van der Waals surface area contributed by atoms with Crippen molar-refractivity contribution in [1.29, 1.82) is 0 Å². The van der Waals surface area contributed by atoms with Crippen LogP contribution in [0.4, 0.5) is 4.79 Å². The Morgan fingerprint density at radius 2 is 1.71 bits per heavy atom. The summed E-state index contributed by atoms with van der Waals surface area (Å²) < 4.78 is 60.5. The number of ether oxygens (including phenoxy) is 1. The van der Waals surface area contributed by atoms with Crippen molar-refractivity contribution in [3.05, 3.63) is 35.9 Å². The van der Waals surface area contributed by atoms with Crippen molar-refractivity contribution in [3.63, 3.8) is 0 Å². The van der Waals surface area contributed by atoms with E-state index in [1.54, 1.807) is 0 Å². The van der Waals surface area contributed by atoms with Crippen molar-refractivity contribution in [2.45, 2.75) is 25.5 Å². The number of hydrogen-bond donors (Lipinski definition) is 0. The van der Waals surface area contributed by atoms with Gasteiger partial charge in [0.1, 0.15) is 6.61 Å². The average Bonchev–Trinajstić information content (AvgIpc) is 2.59. The Hall–Kier alpha value is -1.69. The molecule has 1 unspecified atom stereocenters. The van der Waals surface area contributed by atoms with Crippen LogP contribution >= 0.6 is 0 Å². The second-order valence-corrected chi connectivity index (χ2v) is 10.2. The second kappa shape index (κ2) is 8.76. The number of hydrogen-bond acceptors (Lipinski definition) is 8. The molecule has 1 heterocycles. The van der Waals surface area contributed by atoms with E-state index in [9.17, 15) is 21.6 Å². The van der Waals surface area contributed by atoms with Crippen LogP contribution in [0.25, 0.3) is 0 Å². The maximum atomic E-state index is 12.6. The van der Waals surface area contributed by atoms with Crippen LogP contribution in [0.1, 0.15) is 18.9 Å². The van der Waals surface area contributed by atoms with E-state index in [-0.39, 0.29) is 32.2 Å². The minimum absolute atomic E-state index is 0.0629. The van der Waals surface area contributed by atoms with Crippen LogP contribution < -0.4 is 0 Å². The van der Waals surface area contributed by atoms with E-state index in [1.807, 2.05) is 37.3 Å². The molecule has 158 valence electrons. The van der Waals surface area contributed by atoms with Crippen LogP contribution in [-0.4, -0.2) is 65.6 Å². The van der Waals surface area contributed by atoms with Gasteiger partial charge in [0.05, 0.1) is 31.3 Å². The lowest BCUT2D eigenvalue weighted by atomic mass is 9.73. The molecule has 0 bridgehead atoms. The van der Waals surface area contributed by atoms with E-state index in [0.29, 0.717) is 6.54 Å². The Bertz CT molecular complexity index is 885. The fourth-order valence-electron chi connectivity index (χ4n) is 3.09. The van der Waals surface area contributed by atoms with Gasteiger partial charge in [0.2, 0.25) is 0 Å². The molecule has 0 spiro atoms. The number of rotatable bonds is 9. The van der Waals surface area contributed by atoms with Crippen molar-refractivity contribution >= 4 is 26.3 Å². The van der Waals surface area contributed by atoms with Gasteiger partial charge in [0.15, 0.2) is 0 Å². The zero-order valence-electron chi connectivity index (χ0n) is 16.0. The summed E-state index contributed by atoms with van der Waals surface area (Å²) in [5.74, 6) is -0.137. The zero-order chi connectivity index (χ0) is 21.0. The summed E-state index contributed by atoms with van der Waals surface area (Å²) in [5, 5.41) is 0. The highest BCUT2D eigenvalue weighted by atomic mass is 32.2. The lowest BCUT2D eigenvalue weighted by Gasteiger charge is -2.56. The summed E-state index contributed by atoms with van der Waals surface area (Å²) in [6.07, 6.45) is 1.29. The summed E-state index contributed by atoms with van der Waals surface area (Å²) >= 11 is 0. The molecule has 2 rings (SSSR count). The minimum atomic E-state index is -3.75. The summed E-state index contributed by atoms with van der Waals surface area (Å²) in [6, 6.07) is 9.11. The molecule has 28 heavy (non-hydrogen) atoms. The Labute approximate surface area is 165 Å². The van der Waals surface area contributed by atoms with Crippen molar-refractivity contribution in [3.8, 4) is 0 Å². The first-order chi connectivity index (χ1) is 12.9. The van der Waals surface area contributed by atoms with Crippen molar-refractivity contribution in [2.24, 2.45) is 5.92 Å². The molecule has 1 amide bonds. The maximum absolute atomic E-state index is 12.6. The predicted octanol–water partition coefficient (Wildman–Crippen LogP) is 1.36. The SMILES string of the molecule is CC1CN(C(=O)OCc2ccccc2)[C@@]1(CCOS(C)(=O)=O)COS(C)(=O)=O. The standard InChI is InChI=1S/C17H25NO8S2/c1-14-11-18(16(19)24-12-15-7-5-4-6-8-15)17(14,13-26-28(3,22)23)9-10-25-27(2,20)21/h4-8,14H,9-13H2,1-3H3/t14?,17-/m0/s1. The van der Waals surface area contributed by atoms with Gasteiger partial charge in [-0.3, -0.25) is 13.3 Å². The largest absolute Gasteiger partial charge is 0.445 e. The van der Waals surface area contributed by atoms with Gasteiger partial charge in [-0.25, -0.2) is 4.79 Å². The van der Waals surface area contributed by atoms with Crippen LogP contribution in [0.2, 0.25) is 0 Å². The molecule has 0 aromatic heterocycles. The molecule has 1 aromatic rings. The highest BCUT2D eigenvalue weighted by Gasteiger charge is 2.54. The lowest BCUT2D eigenvalue weighted by molar-refractivity contribution is -0.0942. The topological polar surface area (TPSA) is 116 Å². The first-order valence-electron chi connectivity index (χ1n) is 8.60. The molecule has 9 nitrogen and oxygen atoms in total. The highest BCUT2D eigenvalue weighted by Crippen LogP contribution is 2.40. The summed E-state index contributed by atoms with van der Waals surface area (Å²) in [5.41, 5.74) is -0.232. The quantitative estimate of drug-likeness (QED) is 0.534. The third-order valence-corrected chi connectivity index (χ3v) is 5.83. The van der Waals surface area contributed by atoms with Gasteiger partial charge in [0, 0.05) is 6.54 Å². The summed E-state index contributed by atoms with van der Waals surface area (Å²) in [4.78, 5) is 14.0. The third kappa shape index (κ3) is 6.16. The lowest BCUT2D eigenvalue weighted by Crippen LogP contribution is -2.70.